The van der Waals surface area contributed by atoms with Crippen molar-refractivity contribution >= 4 is 11.3 Å². The molecule has 84 valence electrons. The normalized spacial score (nSPS) is 16.5. The molecule has 2 aromatic rings. The first-order valence-electron chi connectivity index (χ1n) is 5.56. The Kier molecular flexibility index (Phi) is 2.23. The van der Waals surface area contributed by atoms with Gasteiger partial charge >= 0.3 is 0 Å². The standard InChI is InChI=1S/C13H11N3S/c1-9-11(13(8-14)5-6-13)17-12(16-9)10-4-2-3-7-15-10/h2-4,7H,5-6H2,1H3. The summed E-state index contributed by atoms with van der Waals surface area (Å²) in [7, 11) is 0. The zero-order chi connectivity index (χ0) is 11.9. The van der Waals surface area contributed by atoms with E-state index in [0.29, 0.717) is 0 Å². The van der Waals surface area contributed by atoms with E-state index in [1.807, 2.05) is 25.1 Å². The van der Waals surface area contributed by atoms with Crippen LogP contribution in [0.2, 0.25) is 0 Å². The van der Waals surface area contributed by atoms with Crippen LogP contribution in [0.3, 0.4) is 0 Å². The number of nitrogens with zero attached hydrogens (tertiary/aromatic N) is 3. The number of hydrogen-bond acceptors (Lipinski definition) is 4. The summed E-state index contributed by atoms with van der Waals surface area (Å²) in [6.45, 7) is 1.98. The number of nitriles is 1. The van der Waals surface area contributed by atoms with Gasteiger partial charge in [0, 0.05) is 11.1 Å². The van der Waals surface area contributed by atoms with E-state index in [0.717, 1.165) is 34.1 Å². The van der Waals surface area contributed by atoms with E-state index in [-0.39, 0.29) is 5.41 Å². The highest BCUT2D eigenvalue weighted by Crippen LogP contribution is 2.51. The Morgan fingerprint density at radius 2 is 2.24 bits per heavy atom. The summed E-state index contributed by atoms with van der Waals surface area (Å²) >= 11 is 1.61. The third-order valence-corrected chi connectivity index (χ3v) is 4.46. The first-order chi connectivity index (χ1) is 8.25. The van der Waals surface area contributed by atoms with Crippen molar-refractivity contribution in [3.05, 3.63) is 35.0 Å². The minimum atomic E-state index is -0.241. The quantitative estimate of drug-likeness (QED) is 0.811. The molecule has 2 aromatic heterocycles. The van der Waals surface area contributed by atoms with E-state index in [9.17, 15) is 5.26 Å². The third-order valence-electron chi connectivity index (χ3n) is 3.08. The van der Waals surface area contributed by atoms with Crippen LogP contribution in [0.1, 0.15) is 23.4 Å². The van der Waals surface area contributed by atoms with Gasteiger partial charge in [0.2, 0.25) is 0 Å². The smallest absolute Gasteiger partial charge is 0.142 e. The van der Waals surface area contributed by atoms with E-state index in [1.165, 1.54) is 0 Å². The van der Waals surface area contributed by atoms with E-state index in [1.54, 1.807) is 17.5 Å². The number of aryl methyl sites for hydroxylation is 1. The second-order valence-electron chi connectivity index (χ2n) is 4.34. The summed E-state index contributed by atoms with van der Waals surface area (Å²) in [6.07, 6.45) is 3.70. The number of thiazole rings is 1. The molecule has 3 nitrogen and oxygen atoms in total. The van der Waals surface area contributed by atoms with E-state index < -0.39 is 0 Å². The number of hydrogen-bond donors (Lipinski definition) is 0. The third kappa shape index (κ3) is 1.63. The Morgan fingerprint density at radius 1 is 1.41 bits per heavy atom. The number of pyridine rings is 1. The zero-order valence-corrected chi connectivity index (χ0v) is 10.3. The summed E-state index contributed by atoms with van der Waals surface area (Å²) in [5.41, 5.74) is 1.63. The average molecular weight is 241 g/mol. The molecular formula is C13H11N3S. The van der Waals surface area contributed by atoms with Crippen LogP contribution in [0.15, 0.2) is 24.4 Å². The van der Waals surface area contributed by atoms with Crippen LogP contribution in [0.5, 0.6) is 0 Å². The van der Waals surface area contributed by atoms with Gasteiger partial charge in [-0.25, -0.2) is 4.98 Å². The molecule has 1 fully saturated rings. The van der Waals surface area contributed by atoms with Crippen molar-refractivity contribution < 1.29 is 0 Å². The van der Waals surface area contributed by atoms with Gasteiger partial charge in [-0.2, -0.15) is 5.26 Å². The maximum Gasteiger partial charge on any atom is 0.142 e. The summed E-state index contributed by atoms with van der Waals surface area (Å²) < 4.78 is 0. The van der Waals surface area contributed by atoms with Crippen LogP contribution in [-0.2, 0) is 5.41 Å². The largest absolute Gasteiger partial charge is 0.254 e. The molecule has 17 heavy (non-hydrogen) atoms. The highest BCUT2D eigenvalue weighted by molar-refractivity contribution is 7.15. The Hall–Kier alpha value is -1.73. The molecule has 0 aliphatic heterocycles. The van der Waals surface area contributed by atoms with Crippen molar-refractivity contribution in [2.24, 2.45) is 0 Å². The van der Waals surface area contributed by atoms with Gasteiger partial charge in [0.1, 0.15) is 5.01 Å². The predicted octanol–water partition coefficient (Wildman–Crippen LogP) is 3.07. The second-order valence-corrected chi connectivity index (χ2v) is 5.34. The maximum absolute atomic E-state index is 9.23. The minimum absolute atomic E-state index is 0.241. The van der Waals surface area contributed by atoms with Gasteiger partial charge in [0.05, 0.1) is 22.9 Å². The molecule has 1 saturated carbocycles. The highest BCUT2D eigenvalue weighted by Gasteiger charge is 2.47. The molecule has 0 amide bonds. The SMILES string of the molecule is Cc1nc(-c2ccccn2)sc1C1(C#N)CC1. The van der Waals surface area contributed by atoms with Crippen LogP contribution < -0.4 is 0 Å². The number of rotatable bonds is 2. The summed E-state index contributed by atoms with van der Waals surface area (Å²) in [6, 6.07) is 8.22. The lowest BCUT2D eigenvalue weighted by Gasteiger charge is -2.00. The Labute approximate surface area is 104 Å². The van der Waals surface area contributed by atoms with Gasteiger partial charge in [0.15, 0.2) is 0 Å². The molecule has 1 aliphatic carbocycles. The molecule has 0 aromatic carbocycles. The van der Waals surface area contributed by atoms with Crippen molar-refractivity contribution in [2.75, 3.05) is 0 Å². The molecule has 4 heteroatoms. The fourth-order valence-corrected chi connectivity index (χ4v) is 3.19. The minimum Gasteiger partial charge on any atom is -0.254 e. The lowest BCUT2D eigenvalue weighted by atomic mass is 10.1. The topological polar surface area (TPSA) is 49.6 Å². The average Bonchev–Trinajstić information content (AvgIpc) is 3.07. The van der Waals surface area contributed by atoms with Crippen molar-refractivity contribution in [1.82, 2.24) is 9.97 Å². The maximum atomic E-state index is 9.23. The Morgan fingerprint density at radius 3 is 2.82 bits per heavy atom. The van der Waals surface area contributed by atoms with E-state index in [4.69, 9.17) is 0 Å². The molecule has 1 aliphatic rings. The van der Waals surface area contributed by atoms with E-state index in [2.05, 4.69) is 16.0 Å². The predicted molar refractivity (Wildman–Crippen MR) is 66.6 cm³/mol. The summed E-state index contributed by atoms with van der Waals surface area (Å²) in [5, 5.41) is 10.1. The molecular weight excluding hydrogens is 230 g/mol. The second kappa shape index (κ2) is 3.64. The molecule has 0 N–H and O–H groups in total. The molecule has 0 unspecified atom stereocenters. The van der Waals surface area contributed by atoms with Crippen LogP contribution in [-0.4, -0.2) is 9.97 Å². The van der Waals surface area contributed by atoms with Crippen LogP contribution in [0.4, 0.5) is 0 Å². The van der Waals surface area contributed by atoms with Crippen molar-refractivity contribution in [2.45, 2.75) is 25.2 Å². The number of aromatic nitrogens is 2. The van der Waals surface area contributed by atoms with Gasteiger partial charge in [-0.15, -0.1) is 11.3 Å². The molecule has 0 bridgehead atoms. The van der Waals surface area contributed by atoms with Gasteiger partial charge in [-0.1, -0.05) is 6.07 Å². The van der Waals surface area contributed by atoms with Crippen LogP contribution in [0.25, 0.3) is 10.7 Å². The van der Waals surface area contributed by atoms with Crippen LogP contribution >= 0.6 is 11.3 Å². The summed E-state index contributed by atoms with van der Waals surface area (Å²) in [4.78, 5) is 9.96. The highest BCUT2D eigenvalue weighted by atomic mass is 32.1. The first kappa shape index (κ1) is 10.4. The van der Waals surface area contributed by atoms with Gasteiger partial charge < -0.3 is 0 Å². The van der Waals surface area contributed by atoms with Crippen molar-refractivity contribution in [3.63, 3.8) is 0 Å². The Balaban J connectivity index is 2.06. The molecule has 0 spiro atoms. The molecule has 3 rings (SSSR count). The van der Waals surface area contributed by atoms with Crippen molar-refractivity contribution in [1.29, 1.82) is 5.26 Å². The molecule has 0 radical (unpaired) electrons. The molecule has 2 heterocycles. The van der Waals surface area contributed by atoms with Gasteiger partial charge in [0.25, 0.3) is 0 Å². The monoisotopic (exact) mass is 241 g/mol. The fourth-order valence-electron chi connectivity index (χ4n) is 1.95. The molecule has 0 saturated heterocycles. The van der Waals surface area contributed by atoms with Crippen LogP contribution in [0, 0.1) is 18.3 Å². The zero-order valence-electron chi connectivity index (χ0n) is 9.47. The van der Waals surface area contributed by atoms with Crippen molar-refractivity contribution in [3.8, 4) is 16.8 Å². The lowest BCUT2D eigenvalue weighted by molar-refractivity contribution is 0.914. The lowest BCUT2D eigenvalue weighted by Crippen LogP contribution is -2.01. The fraction of sp³-hybridized carbons (Fsp3) is 0.308. The Bertz CT molecular complexity index is 591. The first-order valence-corrected chi connectivity index (χ1v) is 6.37. The molecule has 0 atom stereocenters. The van der Waals surface area contributed by atoms with E-state index >= 15 is 0 Å². The van der Waals surface area contributed by atoms with Gasteiger partial charge in [-0.05, 0) is 31.9 Å². The van der Waals surface area contributed by atoms with Gasteiger partial charge in [-0.3, -0.25) is 4.98 Å². The summed E-state index contributed by atoms with van der Waals surface area (Å²) in [5.74, 6) is 0.